The molecule has 0 aliphatic heterocycles. The largest absolute Gasteiger partial charge is 0.476 e. The summed E-state index contributed by atoms with van der Waals surface area (Å²) in [5, 5.41) is 0. The van der Waals surface area contributed by atoms with E-state index in [1.807, 2.05) is 54.6 Å². The van der Waals surface area contributed by atoms with E-state index in [-0.39, 0.29) is 5.97 Å². The zero-order valence-electron chi connectivity index (χ0n) is 13.7. The lowest BCUT2D eigenvalue weighted by Gasteiger charge is -2.24. The van der Waals surface area contributed by atoms with Gasteiger partial charge in [0, 0.05) is 6.21 Å². The summed E-state index contributed by atoms with van der Waals surface area (Å²) in [6.07, 6.45) is 1.79. The smallest absolute Gasteiger partial charge is 0.349 e. The lowest BCUT2D eigenvalue weighted by atomic mass is 10.1. The van der Waals surface area contributed by atoms with Crippen molar-refractivity contribution in [2.45, 2.75) is 26.4 Å². The Balaban J connectivity index is 2.02. The Hall–Kier alpha value is -2.62. The van der Waals surface area contributed by atoms with Crippen molar-refractivity contribution < 1.29 is 14.3 Å². The van der Waals surface area contributed by atoms with E-state index in [9.17, 15) is 4.79 Å². The molecule has 0 aliphatic carbocycles. The van der Waals surface area contributed by atoms with E-state index in [0.717, 1.165) is 11.3 Å². The van der Waals surface area contributed by atoms with Crippen molar-refractivity contribution in [1.82, 2.24) is 0 Å². The van der Waals surface area contributed by atoms with Crippen LogP contribution >= 0.6 is 0 Å². The monoisotopic (exact) mass is 311 g/mol. The Morgan fingerprint density at radius 2 is 1.74 bits per heavy atom. The highest BCUT2D eigenvalue weighted by Crippen LogP contribution is 2.20. The molecule has 2 rings (SSSR count). The summed E-state index contributed by atoms with van der Waals surface area (Å²) < 4.78 is 10.7. The third-order valence-corrected chi connectivity index (χ3v) is 3.14. The Morgan fingerprint density at radius 3 is 2.35 bits per heavy atom. The maximum absolute atomic E-state index is 11.8. The number of hydrogen-bond acceptors (Lipinski definition) is 4. The fourth-order valence-electron chi connectivity index (χ4n) is 1.93. The number of carbonyl (C=O) groups excluding carboxylic acids is 1. The lowest BCUT2D eigenvalue weighted by Crippen LogP contribution is -2.39. The minimum atomic E-state index is -1.02. The first kappa shape index (κ1) is 16.7. The van der Waals surface area contributed by atoms with Gasteiger partial charge < -0.3 is 9.47 Å². The van der Waals surface area contributed by atoms with Crippen molar-refractivity contribution in [2.75, 3.05) is 6.61 Å². The van der Waals surface area contributed by atoms with E-state index in [0.29, 0.717) is 12.4 Å². The second-order valence-electron chi connectivity index (χ2n) is 5.50. The van der Waals surface area contributed by atoms with Gasteiger partial charge in [0.1, 0.15) is 5.75 Å². The van der Waals surface area contributed by atoms with E-state index in [2.05, 4.69) is 4.99 Å². The number of aliphatic imine (C=N–C) groups is 1. The molecule has 4 nitrogen and oxygen atoms in total. The fraction of sp³-hybridized carbons (Fsp3) is 0.263. The second-order valence-corrected chi connectivity index (χ2v) is 5.50. The molecule has 0 aromatic heterocycles. The fourth-order valence-corrected chi connectivity index (χ4v) is 1.93. The van der Waals surface area contributed by atoms with Crippen molar-refractivity contribution in [2.24, 2.45) is 4.99 Å². The topological polar surface area (TPSA) is 47.9 Å². The molecule has 0 N–H and O–H groups in total. The molecular formula is C19H21NO3. The third-order valence-electron chi connectivity index (χ3n) is 3.14. The zero-order chi connectivity index (χ0) is 16.7. The van der Waals surface area contributed by atoms with Crippen LogP contribution in [0.15, 0.2) is 59.6 Å². The first-order chi connectivity index (χ1) is 11.0. The predicted octanol–water partition coefficient (Wildman–Crippen LogP) is 4.16. The molecule has 0 saturated carbocycles. The molecule has 0 aliphatic rings. The van der Waals surface area contributed by atoms with Gasteiger partial charge in [0.25, 0.3) is 0 Å². The van der Waals surface area contributed by atoms with Gasteiger partial charge >= 0.3 is 5.97 Å². The van der Waals surface area contributed by atoms with Crippen LogP contribution in [0.4, 0.5) is 5.69 Å². The molecule has 0 fully saturated rings. The van der Waals surface area contributed by atoms with E-state index < -0.39 is 5.60 Å². The van der Waals surface area contributed by atoms with Crippen LogP contribution in [0.5, 0.6) is 5.75 Å². The molecule has 2 aromatic carbocycles. The molecule has 23 heavy (non-hydrogen) atoms. The number of esters is 1. The van der Waals surface area contributed by atoms with Gasteiger partial charge in [-0.1, -0.05) is 18.2 Å². The van der Waals surface area contributed by atoms with Crippen LogP contribution in [0.3, 0.4) is 0 Å². The van der Waals surface area contributed by atoms with Gasteiger partial charge in [-0.05, 0) is 62.7 Å². The second kappa shape index (κ2) is 7.58. The van der Waals surface area contributed by atoms with Crippen molar-refractivity contribution in [3.63, 3.8) is 0 Å². The van der Waals surface area contributed by atoms with Gasteiger partial charge in [-0.2, -0.15) is 0 Å². The maximum atomic E-state index is 11.8. The van der Waals surface area contributed by atoms with Crippen LogP contribution in [-0.4, -0.2) is 24.4 Å². The summed E-state index contributed by atoms with van der Waals surface area (Å²) in [6, 6.07) is 17.1. The highest BCUT2D eigenvalue weighted by Gasteiger charge is 2.31. The van der Waals surface area contributed by atoms with Gasteiger partial charge in [-0.25, -0.2) is 4.79 Å². The van der Waals surface area contributed by atoms with Crippen LogP contribution in [0.1, 0.15) is 26.3 Å². The molecule has 0 amide bonds. The van der Waals surface area contributed by atoms with Crippen LogP contribution in [0, 0.1) is 0 Å². The molecule has 0 atom stereocenters. The molecule has 0 unspecified atom stereocenters. The number of para-hydroxylation sites is 1. The first-order valence-corrected chi connectivity index (χ1v) is 7.56. The minimum Gasteiger partial charge on any atom is -0.476 e. The standard InChI is InChI=1S/C19H21NO3/c1-4-22-18(21)19(2,3)23-17-12-10-15(11-13-17)14-20-16-8-6-5-7-9-16/h5-14H,4H2,1-3H3/b20-14+. The van der Waals surface area contributed by atoms with Gasteiger partial charge in [0.2, 0.25) is 0 Å². The molecule has 0 spiro atoms. The molecule has 0 bridgehead atoms. The summed E-state index contributed by atoms with van der Waals surface area (Å²) in [4.78, 5) is 16.2. The number of benzene rings is 2. The highest BCUT2D eigenvalue weighted by atomic mass is 16.6. The summed E-state index contributed by atoms with van der Waals surface area (Å²) in [5.41, 5.74) is 0.835. The van der Waals surface area contributed by atoms with Crippen molar-refractivity contribution in [3.05, 3.63) is 60.2 Å². The van der Waals surface area contributed by atoms with E-state index in [1.165, 1.54) is 0 Å². The number of hydrogen-bond donors (Lipinski definition) is 0. The van der Waals surface area contributed by atoms with Crippen LogP contribution in [0.25, 0.3) is 0 Å². The van der Waals surface area contributed by atoms with Crippen molar-refractivity contribution in [3.8, 4) is 5.75 Å². The number of carbonyl (C=O) groups is 1. The number of ether oxygens (including phenoxy) is 2. The Labute approximate surface area is 136 Å². The lowest BCUT2D eigenvalue weighted by molar-refractivity contribution is -0.158. The minimum absolute atomic E-state index is 0.334. The van der Waals surface area contributed by atoms with Gasteiger partial charge in [0.15, 0.2) is 5.60 Å². The molecule has 4 heteroatoms. The predicted molar refractivity (Wildman–Crippen MR) is 91.5 cm³/mol. The Kier molecular flexibility index (Phi) is 5.52. The van der Waals surface area contributed by atoms with E-state index in [1.54, 1.807) is 27.0 Å². The molecule has 0 saturated heterocycles. The third kappa shape index (κ3) is 4.95. The molecule has 0 radical (unpaired) electrons. The summed E-state index contributed by atoms with van der Waals surface area (Å²) in [6.45, 7) is 5.49. The zero-order valence-corrected chi connectivity index (χ0v) is 13.7. The molecule has 0 heterocycles. The number of nitrogens with zero attached hydrogens (tertiary/aromatic N) is 1. The summed E-state index contributed by atoms with van der Waals surface area (Å²) in [7, 11) is 0. The number of rotatable bonds is 6. The summed E-state index contributed by atoms with van der Waals surface area (Å²) >= 11 is 0. The van der Waals surface area contributed by atoms with Gasteiger partial charge in [0.05, 0.1) is 12.3 Å². The SMILES string of the molecule is CCOC(=O)C(C)(C)Oc1ccc(/C=N/c2ccccc2)cc1. The Morgan fingerprint density at radius 1 is 1.09 bits per heavy atom. The van der Waals surface area contributed by atoms with Crippen molar-refractivity contribution >= 4 is 17.9 Å². The normalized spacial score (nSPS) is 11.4. The van der Waals surface area contributed by atoms with E-state index >= 15 is 0 Å². The molecule has 120 valence electrons. The maximum Gasteiger partial charge on any atom is 0.349 e. The van der Waals surface area contributed by atoms with Crippen LogP contribution < -0.4 is 4.74 Å². The highest BCUT2D eigenvalue weighted by molar-refractivity contribution is 5.82. The average molecular weight is 311 g/mol. The van der Waals surface area contributed by atoms with E-state index in [4.69, 9.17) is 9.47 Å². The van der Waals surface area contributed by atoms with Crippen LogP contribution in [-0.2, 0) is 9.53 Å². The van der Waals surface area contributed by atoms with Gasteiger partial charge in [-0.15, -0.1) is 0 Å². The molecular weight excluding hydrogens is 290 g/mol. The summed E-state index contributed by atoms with van der Waals surface area (Å²) in [5.74, 6) is 0.231. The average Bonchev–Trinajstić information content (AvgIpc) is 2.55. The Bertz CT molecular complexity index is 661. The van der Waals surface area contributed by atoms with Crippen molar-refractivity contribution in [1.29, 1.82) is 0 Å². The quantitative estimate of drug-likeness (QED) is 0.594. The van der Waals surface area contributed by atoms with Gasteiger partial charge in [-0.3, -0.25) is 4.99 Å². The molecule has 2 aromatic rings. The van der Waals surface area contributed by atoms with Crippen LogP contribution in [0.2, 0.25) is 0 Å². The first-order valence-electron chi connectivity index (χ1n) is 7.56.